The van der Waals surface area contributed by atoms with E-state index in [0.717, 1.165) is 39.2 Å². The van der Waals surface area contributed by atoms with Gasteiger partial charge in [0.25, 0.3) is 0 Å². The van der Waals surface area contributed by atoms with Crippen molar-refractivity contribution in [3.8, 4) is 17.1 Å². The van der Waals surface area contributed by atoms with E-state index in [1.165, 1.54) is 18.5 Å². The molecule has 7 heteroatoms. The Bertz CT molecular complexity index is 1400. The van der Waals surface area contributed by atoms with Gasteiger partial charge in [-0.05, 0) is 72.3 Å². The summed E-state index contributed by atoms with van der Waals surface area (Å²) in [5.41, 5.74) is 9.02. The van der Waals surface area contributed by atoms with Gasteiger partial charge in [0.1, 0.15) is 41.8 Å². The second kappa shape index (κ2) is 9.10. The highest BCUT2D eigenvalue weighted by molar-refractivity contribution is 5.93. The van der Waals surface area contributed by atoms with Crippen LogP contribution in [0, 0.1) is 5.82 Å². The topological polar surface area (TPSA) is 86.2 Å². The standard InChI is InChI=1S/C26H21FN4O2/c27-19-3-1-2-17(12-19)15-32-21-7-5-20(6-8-21)31-26-23-13-18(4-10-24(23)29-16-30-26)25-11-9-22(14-28)33-25/h1-13,16H,14-15,28H2,(H,29,30,31). The Kier molecular flexibility index (Phi) is 5.70. The van der Waals surface area contributed by atoms with Crippen LogP contribution in [0.15, 0.2) is 89.6 Å². The van der Waals surface area contributed by atoms with Crippen LogP contribution >= 0.6 is 0 Å². The Hall–Kier alpha value is -4.23. The van der Waals surface area contributed by atoms with Crippen molar-refractivity contribution >= 4 is 22.4 Å². The molecule has 5 rings (SSSR count). The third kappa shape index (κ3) is 4.68. The maximum Gasteiger partial charge on any atom is 0.141 e. The molecule has 2 heterocycles. The predicted molar refractivity (Wildman–Crippen MR) is 126 cm³/mol. The highest BCUT2D eigenvalue weighted by Gasteiger charge is 2.09. The van der Waals surface area contributed by atoms with E-state index in [4.69, 9.17) is 14.9 Å². The van der Waals surface area contributed by atoms with Crippen LogP contribution < -0.4 is 15.8 Å². The van der Waals surface area contributed by atoms with E-state index in [-0.39, 0.29) is 5.82 Å². The molecule has 0 aliphatic rings. The minimum Gasteiger partial charge on any atom is -0.489 e. The zero-order valence-electron chi connectivity index (χ0n) is 17.7. The molecule has 0 aliphatic heterocycles. The summed E-state index contributed by atoms with van der Waals surface area (Å²) >= 11 is 0. The smallest absolute Gasteiger partial charge is 0.141 e. The van der Waals surface area contributed by atoms with E-state index in [1.54, 1.807) is 6.07 Å². The van der Waals surface area contributed by atoms with E-state index in [2.05, 4.69) is 15.3 Å². The van der Waals surface area contributed by atoms with Gasteiger partial charge in [0.05, 0.1) is 12.1 Å². The summed E-state index contributed by atoms with van der Waals surface area (Å²) < 4.78 is 24.9. The van der Waals surface area contributed by atoms with Crippen LogP contribution in [-0.4, -0.2) is 9.97 Å². The minimum absolute atomic E-state index is 0.275. The van der Waals surface area contributed by atoms with Gasteiger partial charge in [-0.1, -0.05) is 12.1 Å². The number of anilines is 2. The largest absolute Gasteiger partial charge is 0.489 e. The van der Waals surface area contributed by atoms with Crippen molar-refractivity contribution in [2.24, 2.45) is 5.73 Å². The van der Waals surface area contributed by atoms with Crippen molar-refractivity contribution in [3.63, 3.8) is 0 Å². The molecule has 0 spiro atoms. The van der Waals surface area contributed by atoms with Gasteiger partial charge in [-0.15, -0.1) is 0 Å². The molecule has 0 amide bonds. The number of halogens is 1. The zero-order chi connectivity index (χ0) is 22.6. The number of aromatic nitrogens is 2. The molecular formula is C26H21FN4O2. The fourth-order valence-electron chi connectivity index (χ4n) is 3.52. The molecule has 3 aromatic carbocycles. The van der Waals surface area contributed by atoms with E-state index < -0.39 is 0 Å². The van der Waals surface area contributed by atoms with Gasteiger partial charge < -0.3 is 20.2 Å². The molecule has 0 radical (unpaired) electrons. The van der Waals surface area contributed by atoms with E-state index in [1.807, 2.05) is 60.7 Å². The summed E-state index contributed by atoms with van der Waals surface area (Å²) in [5.74, 6) is 2.57. The summed E-state index contributed by atoms with van der Waals surface area (Å²) in [7, 11) is 0. The summed E-state index contributed by atoms with van der Waals surface area (Å²) in [6.45, 7) is 0.647. The Labute approximate surface area is 189 Å². The van der Waals surface area contributed by atoms with Crippen LogP contribution in [0.25, 0.3) is 22.2 Å². The minimum atomic E-state index is -0.275. The summed E-state index contributed by atoms with van der Waals surface area (Å²) in [4.78, 5) is 8.79. The van der Waals surface area contributed by atoms with Crippen LogP contribution in [0.1, 0.15) is 11.3 Å². The predicted octanol–water partition coefficient (Wildman–Crippen LogP) is 5.81. The number of hydrogen-bond acceptors (Lipinski definition) is 6. The molecule has 2 aromatic heterocycles. The van der Waals surface area contributed by atoms with Crippen molar-refractivity contribution in [2.75, 3.05) is 5.32 Å². The van der Waals surface area contributed by atoms with Gasteiger partial charge in [-0.25, -0.2) is 14.4 Å². The van der Waals surface area contributed by atoms with E-state index in [9.17, 15) is 4.39 Å². The molecule has 0 saturated carbocycles. The second-order valence-electron chi connectivity index (χ2n) is 7.49. The van der Waals surface area contributed by atoms with Gasteiger partial charge in [-0.3, -0.25) is 0 Å². The molecule has 164 valence electrons. The van der Waals surface area contributed by atoms with E-state index in [0.29, 0.717) is 24.7 Å². The van der Waals surface area contributed by atoms with Gasteiger partial charge in [0.15, 0.2) is 0 Å². The van der Waals surface area contributed by atoms with Crippen LogP contribution in [0.3, 0.4) is 0 Å². The first kappa shape index (κ1) is 20.7. The lowest BCUT2D eigenvalue weighted by Crippen LogP contribution is -1.98. The van der Waals surface area contributed by atoms with Crippen molar-refractivity contribution in [3.05, 3.63) is 102 Å². The number of nitrogens with one attached hydrogen (secondary N) is 1. The highest BCUT2D eigenvalue weighted by atomic mass is 19.1. The summed E-state index contributed by atoms with van der Waals surface area (Å²) in [5, 5.41) is 4.21. The van der Waals surface area contributed by atoms with Crippen molar-refractivity contribution in [1.29, 1.82) is 0 Å². The number of ether oxygens (including phenoxy) is 1. The molecule has 33 heavy (non-hydrogen) atoms. The zero-order valence-corrected chi connectivity index (χ0v) is 17.7. The first-order chi connectivity index (χ1) is 16.2. The lowest BCUT2D eigenvalue weighted by atomic mass is 10.1. The van der Waals surface area contributed by atoms with Crippen LogP contribution in [0.4, 0.5) is 15.9 Å². The molecule has 0 bridgehead atoms. The highest BCUT2D eigenvalue weighted by Crippen LogP contribution is 2.30. The quantitative estimate of drug-likeness (QED) is 0.332. The number of fused-ring (bicyclic) bond motifs is 1. The fraction of sp³-hybridized carbons (Fsp3) is 0.0769. The molecule has 0 unspecified atom stereocenters. The average Bonchev–Trinajstić information content (AvgIpc) is 3.33. The van der Waals surface area contributed by atoms with Crippen molar-refractivity contribution < 1.29 is 13.5 Å². The molecule has 3 N–H and O–H groups in total. The summed E-state index contributed by atoms with van der Waals surface area (Å²) in [6, 6.07) is 23.6. The molecule has 0 atom stereocenters. The van der Waals surface area contributed by atoms with Crippen molar-refractivity contribution in [2.45, 2.75) is 13.2 Å². The third-order valence-corrected chi connectivity index (χ3v) is 5.19. The van der Waals surface area contributed by atoms with Crippen LogP contribution in [-0.2, 0) is 13.2 Å². The SMILES string of the molecule is NCc1ccc(-c2ccc3ncnc(Nc4ccc(OCc5cccc(F)c5)cc4)c3c2)o1. The van der Waals surface area contributed by atoms with Gasteiger partial charge in [0, 0.05) is 16.6 Å². The first-order valence-corrected chi connectivity index (χ1v) is 10.5. The van der Waals surface area contributed by atoms with Gasteiger partial charge in [0.2, 0.25) is 0 Å². The lowest BCUT2D eigenvalue weighted by molar-refractivity contribution is 0.305. The first-order valence-electron chi connectivity index (χ1n) is 10.5. The van der Waals surface area contributed by atoms with Crippen molar-refractivity contribution in [1.82, 2.24) is 9.97 Å². The van der Waals surface area contributed by atoms with E-state index >= 15 is 0 Å². The Morgan fingerprint density at radius 1 is 0.939 bits per heavy atom. The number of nitrogens with two attached hydrogens (primary N) is 1. The lowest BCUT2D eigenvalue weighted by Gasteiger charge is -2.11. The molecule has 0 aliphatic carbocycles. The van der Waals surface area contributed by atoms with Gasteiger partial charge >= 0.3 is 0 Å². The Morgan fingerprint density at radius 2 is 1.82 bits per heavy atom. The number of rotatable bonds is 7. The second-order valence-corrected chi connectivity index (χ2v) is 7.49. The number of nitrogens with zero attached hydrogens (tertiary/aromatic N) is 2. The molecule has 6 nitrogen and oxygen atoms in total. The average molecular weight is 440 g/mol. The normalized spacial score (nSPS) is 11.0. The number of benzene rings is 3. The number of hydrogen-bond donors (Lipinski definition) is 2. The van der Waals surface area contributed by atoms with Crippen LogP contribution in [0.5, 0.6) is 5.75 Å². The summed E-state index contributed by atoms with van der Waals surface area (Å²) in [6.07, 6.45) is 1.53. The monoisotopic (exact) mass is 440 g/mol. The Balaban J connectivity index is 1.34. The molecule has 0 fully saturated rings. The van der Waals surface area contributed by atoms with Crippen LogP contribution in [0.2, 0.25) is 0 Å². The maximum absolute atomic E-state index is 13.3. The molecular weight excluding hydrogens is 419 g/mol. The molecule has 0 saturated heterocycles. The maximum atomic E-state index is 13.3. The van der Waals surface area contributed by atoms with Gasteiger partial charge in [-0.2, -0.15) is 0 Å². The fourth-order valence-corrected chi connectivity index (χ4v) is 3.52. The third-order valence-electron chi connectivity index (χ3n) is 5.19. The number of furan rings is 1. The molecule has 5 aromatic rings. The Morgan fingerprint density at radius 3 is 2.61 bits per heavy atom.